The average molecular weight is 187 g/mol. The van der Waals surface area contributed by atoms with Gasteiger partial charge in [-0.15, -0.1) is 0 Å². The Kier molecular flexibility index (Phi) is 3.58. The zero-order valence-corrected chi connectivity index (χ0v) is 7.63. The van der Waals surface area contributed by atoms with Crippen LogP contribution in [-0.4, -0.2) is 26.9 Å². The lowest BCUT2D eigenvalue weighted by Gasteiger charge is -2.10. The molecule has 0 saturated carbocycles. The van der Waals surface area contributed by atoms with E-state index in [1.54, 1.807) is 6.92 Å². The topological polar surface area (TPSA) is 71.6 Å². The standard InChI is InChI=1S/C7H11N2O2S/c1-6(3-10)4-12(11)7-2-8-5-9-7/h2,5-6H,3-4H2,1H3,(H,8,9). The Balaban J connectivity index is 2.44. The summed E-state index contributed by atoms with van der Waals surface area (Å²) in [5, 5.41) is 11.0. The highest BCUT2D eigenvalue weighted by Crippen LogP contribution is 2.09. The normalized spacial score (nSPS) is 15.9. The van der Waals surface area contributed by atoms with E-state index in [1.165, 1.54) is 12.5 Å². The highest BCUT2D eigenvalue weighted by Gasteiger charge is 2.16. The Hall–Kier alpha value is -0.520. The lowest BCUT2D eigenvalue weighted by atomic mass is 10.2. The van der Waals surface area contributed by atoms with Gasteiger partial charge < -0.3 is 9.54 Å². The van der Waals surface area contributed by atoms with Gasteiger partial charge in [-0.05, 0) is 0 Å². The molecule has 0 aliphatic rings. The Labute approximate surface area is 74.2 Å². The van der Waals surface area contributed by atoms with Crippen LogP contribution in [0.5, 0.6) is 0 Å². The SMILES string of the molecule is CC(C[O])C[S+]([O-])c1cnc[nH]1. The number of hydrogen-bond donors (Lipinski definition) is 1. The van der Waals surface area contributed by atoms with Gasteiger partial charge in [0.1, 0.15) is 11.9 Å². The number of nitrogens with zero attached hydrogens (tertiary/aromatic N) is 1. The minimum absolute atomic E-state index is 0.0471. The van der Waals surface area contributed by atoms with Crippen molar-refractivity contribution in [2.45, 2.75) is 11.9 Å². The van der Waals surface area contributed by atoms with Crippen LogP contribution in [0.2, 0.25) is 0 Å². The molecule has 1 N–H and O–H groups in total. The number of nitrogens with one attached hydrogen (secondary N) is 1. The van der Waals surface area contributed by atoms with Crippen LogP contribution >= 0.6 is 0 Å². The smallest absolute Gasteiger partial charge is 0.242 e. The third kappa shape index (κ3) is 2.51. The van der Waals surface area contributed by atoms with Gasteiger partial charge in [-0.2, -0.15) is 0 Å². The molecule has 2 unspecified atom stereocenters. The molecule has 0 spiro atoms. The van der Waals surface area contributed by atoms with Gasteiger partial charge in [0, 0.05) is 17.1 Å². The van der Waals surface area contributed by atoms with Crippen molar-refractivity contribution in [3.05, 3.63) is 12.5 Å². The lowest BCUT2D eigenvalue weighted by Crippen LogP contribution is -2.16. The molecule has 0 aliphatic heterocycles. The number of aromatic amines is 1. The lowest BCUT2D eigenvalue weighted by molar-refractivity contribution is 0.159. The van der Waals surface area contributed by atoms with E-state index in [-0.39, 0.29) is 12.5 Å². The maximum Gasteiger partial charge on any atom is 0.242 e. The fraction of sp³-hybridized carbons (Fsp3) is 0.571. The first kappa shape index (κ1) is 9.57. The third-order valence-electron chi connectivity index (χ3n) is 1.44. The molecule has 1 heterocycles. The second-order valence-corrected chi connectivity index (χ2v) is 4.16. The van der Waals surface area contributed by atoms with Crippen LogP contribution in [0, 0.1) is 5.92 Å². The van der Waals surface area contributed by atoms with Crippen molar-refractivity contribution in [3.8, 4) is 0 Å². The first-order valence-electron chi connectivity index (χ1n) is 3.69. The van der Waals surface area contributed by atoms with Gasteiger partial charge in [0.15, 0.2) is 0 Å². The first-order valence-corrected chi connectivity index (χ1v) is 5.00. The minimum Gasteiger partial charge on any atom is -0.610 e. The van der Waals surface area contributed by atoms with E-state index in [2.05, 4.69) is 9.97 Å². The van der Waals surface area contributed by atoms with Crippen LogP contribution in [0.1, 0.15) is 6.92 Å². The Morgan fingerprint density at radius 2 is 2.58 bits per heavy atom. The quantitative estimate of drug-likeness (QED) is 0.700. The predicted octanol–water partition coefficient (Wildman–Crippen LogP) is 0.584. The molecule has 0 aromatic carbocycles. The van der Waals surface area contributed by atoms with Crippen molar-refractivity contribution in [3.63, 3.8) is 0 Å². The maximum absolute atomic E-state index is 11.4. The largest absolute Gasteiger partial charge is 0.610 e. The van der Waals surface area contributed by atoms with Gasteiger partial charge in [-0.25, -0.2) is 10.1 Å². The summed E-state index contributed by atoms with van der Waals surface area (Å²) >= 11 is -1.10. The molecule has 1 aromatic heterocycles. The number of imidazole rings is 1. The summed E-state index contributed by atoms with van der Waals surface area (Å²) in [4.78, 5) is 6.50. The second kappa shape index (κ2) is 4.49. The monoisotopic (exact) mass is 187 g/mol. The van der Waals surface area contributed by atoms with Gasteiger partial charge in [0.05, 0.1) is 12.9 Å². The number of aromatic nitrogens is 2. The summed E-state index contributed by atoms with van der Waals surface area (Å²) < 4.78 is 11.4. The molecule has 0 saturated heterocycles. The molecule has 0 aliphatic carbocycles. The van der Waals surface area contributed by atoms with Gasteiger partial charge in [-0.1, -0.05) is 6.92 Å². The molecule has 0 amide bonds. The highest BCUT2D eigenvalue weighted by atomic mass is 32.2. The third-order valence-corrected chi connectivity index (χ3v) is 3.02. The van der Waals surface area contributed by atoms with Gasteiger partial charge in [-0.3, -0.25) is 0 Å². The van der Waals surface area contributed by atoms with Crippen molar-refractivity contribution < 1.29 is 9.66 Å². The fourth-order valence-electron chi connectivity index (χ4n) is 0.764. The molecule has 67 valence electrons. The molecule has 4 nitrogen and oxygen atoms in total. The molecule has 0 fully saturated rings. The average Bonchev–Trinajstić information content (AvgIpc) is 2.56. The van der Waals surface area contributed by atoms with Crippen LogP contribution in [0.3, 0.4) is 0 Å². The summed E-state index contributed by atoms with van der Waals surface area (Å²) in [6.07, 6.45) is 3.00. The highest BCUT2D eigenvalue weighted by molar-refractivity contribution is 7.91. The molecule has 1 aromatic rings. The van der Waals surface area contributed by atoms with Crippen molar-refractivity contribution in [1.29, 1.82) is 0 Å². The van der Waals surface area contributed by atoms with E-state index in [9.17, 15) is 9.66 Å². The fourth-order valence-corrected chi connectivity index (χ4v) is 1.92. The van der Waals surface area contributed by atoms with Crippen LogP contribution < -0.4 is 0 Å². The van der Waals surface area contributed by atoms with E-state index in [0.717, 1.165) is 0 Å². The first-order chi connectivity index (χ1) is 5.74. The predicted molar refractivity (Wildman–Crippen MR) is 44.6 cm³/mol. The van der Waals surface area contributed by atoms with Crippen molar-refractivity contribution in [2.24, 2.45) is 5.92 Å². The number of hydrogen-bond acceptors (Lipinski definition) is 2. The summed E-state index contributed by atoms with van der Waals surface area (Å²) in [6, 6.07) is 0. The van der Waals surface area contributed by atoms with E-state index < -0.39 is 11.2 Å². The zero-order chi connectivity index (χ0) is 8.97. The molecular weight excluding hydrogens is 176 g/mol. The summed E-state index contributed by atoms with van der Waals surface area (Å²) in [6.45, 7) is 1.61. The number of rotatable bonds is 4. The Morgan fingerprint density at radius 3 is 3.08 bits per heavy atom. The Morgan fingerprint density at radius 1 is 1.83 bits per heavy atom. The zero-order valence-electron chi connectivity index (χ0n) is 6.82. The van der Waals surface area contributed by atoms with E-state index in [4.69, 9.17) is 0 Å². The van der Waals surface area contributed by atoms with Crippen molar-refractivity contribution >= 4 is 11.2 Å². The molecular formula is C7H11N2O2S. The molecule has 12 heavy (non-hydrogen) atoms. The summed E-state index contributed by atoms with van der Waals surface area (Å²) in [7, 11) is 0. The molecule has 5 heteroatoms. The van der Waals surface area contributed by atoms with Gasteiger partial charge in [0.2, 0.25) is 5.03 Å². The molecule has 2 atom stereocenters. The van der Waals surface area contributed by atoms with Gasteiger partial charge >= 0.3 is 0 Å². The van der Waals surface area contributed by atoms with Crippen LogP contribution in [0.4, 0.5) is 0 Å². The molecule has 1 rings (SSSR count). The van der Waals surface area contributed by atoms with E-state index in [1.807, 2.05) is 0 Å². The minimum atomic E-state index is -1.10. The Bertz CT molecular complexity index is 215. The van der Waals surface area contributed by atoms with Crippen LogP contribution in [-0.2, 0) is 16.3 Å². The van der Waals surface area contributed by atoms with Crippen LogP contribution in [0.15, 0.2) is 17.6 Å². The van der Waals surface area contributed by atoms with Crippen LogP contribution in [0.25, 0.3) is 0 Å². The maximum atomic E-state index is 11.4. The summed E-state index contributed by atoms with van der Waals surface area (Å²) in [5.41, 5.74) is 0. The summed E-state index contributed by atoms with van der Waals surface area (Å²) in [5.74, 6) is 0.361. The van der Waals surface area contributed by atoms with E-state index in [0.29, 0.717) is 10.8 Å². The second-order valence-electron chi connectivity index (χ2n) is 2.70. The van der Waals surface area contributed by atoms with E-state index >= 15 is 0 Å². The van der Waals surface area contributed by atoms with Gasteiger partial charge in [0.25, 0.3) is 0 Å². The van der Waals surface area contributed by atoms with Crippen molar-refractivity contribution in [1.82, 2.24) is 9.97 Å². The molecule has 0 bridgehead atoms. The number of H-pyrrole nitrogens is 1. The van der Waals surface area contributed by atoms with Crippen molar-refractivity contribution in [2.75, 3.05) is 12.4 Å². The molecule has 1 radical (unpaired) electrons.